The Morgan fingerprint density at radius 1 is 0.327 bits per heavy atom. The van der Waals surface area contributed by atoms with E-state index in [4.69, 9.17) is 0 Å². The van der Waals surface area contributed by atoms with Crippen LogP contribution in [0.15, 0.2) is 194 Å². The number of aromatic nitrogens is 1. The number of benzene rings is 8. The van der Waals surface area contributed by atoms with Gasteiger partial charge < -0.3 is 14.4 Å². The number of nitrogens with zero attached hydrogens (tertiary/aromatic N) is 3. The van der Waals surface area contributed by atoms with Crippen LogP contribution < -0.4 is 26.2 Å². The van der Waals surface area contributed by atoms with E-state index in [9.17, 15) is 0 Å². The fraction of sp³-hybridized carbons (Fsp3) is 0. The molecule has 0 bridgehead atoms. The molecule has 3 heterocycles. The van der Waals surface area contributed by atoms with Gasteiger partial charge in [-0.2, -0.15) is 0 Å². The smallest absolute Gasteiger partial charge is 0.252 e. The second-order valence-corrected chi connectivity index (χ2v) is 13.7. The molecule has 2 aliphatic heterocycles. The molecule has 2 aliphatic rings. The predicted molar refractivity (Wildman–Crippen MR) is 220 cm³/mol. The van der Waals surface area contributed by atoms with Gasteiger partial charge in [0.1, 0.15) is 0 Å². The summed E-state index contributed by atoms with van der Waals surface area (Å²) in [5, 5.41) is 2.53. The Balaban J connectivity index is 1.16. The van der Waals surface area contributed by atoms with Crippen LogP contribution in [0.5, 0.6) is 0 Å². The van der Waals surface area contributed by atoms with Crippen LogP contribution in [0.1, 0.15) is 0 Å². The van der Waals surface area contributed by atoms with E-state index in [1.807, 2.05) is 0 Å². The average Bonchev–Trinajstić information content (AvgIpc) is 3.55. The highest BCUT2D eigenvalue weighted by molar-refractivity contribution is 7.00. The zero-order valence-electron chi connectivity index (χ0n) is 28.4. The SMILES string of the molecule is c1ccc(N2c3ccccc3B3c4cc(-c5ccc6c7ccccc7n(-c7ccccc7)c6c5)ccc4N(c4ccccc4)c4cccc2c43)cc1. The monoisotopic (exact) mass is 661 g/mol. The summed E-state index contributed by atoms with van der Waals surface area (Å²) in [4.78, 5) is 4.90. The van der Waals surface area contributed by atoms with Crippen molar-refractivity contribution in [1.82, 2.24) is 4.57 Å². The maximum Gasteiger partial charge on any atom is 0.252 e. The molecule has 9 aromatic rings. The Bertz CT molecular complexity index is 2790. The Hall–Kier alpha value is -6.78. The summed E-state index contributed by atoms with van der Waals surface area (Å²) in [6, 6.07) is 70.9. The maximum absolute atomic E-state index is 2.46. The maximum atomic E-state index is 2.46. The van der Waals surface area contributed by atoms with Crippen molar-refractivity contribution in [2.24, 2.45) is 0 Å². The molecule has 0 saturated carbocycles. The van der Waals surface area contributed by atoms with Gasteiger partial charge in [0, 0.05) is 50.6 Å². The lowest BCUT2D eigenvalue weighted by Gasteiger charge is -2.44. The third-order valence-corrected chi connectivity index (χ3v) is 10.9. The molecule has 0 aliphatic carbocycles. The highest BCUT2D eigenvalue weighted by Crippen LogP contribution is 2.44. The molecule has 242 valence electrons. The lowest BCUT2D eigenvalue weighted by molar-refractivity contribution is 1.18. The first-order chi connectivity index (χ1) is 25.8. The molecule has 0 amide bonds. The minimum Gasteiger partial charge on any atom is -0.311 e. The molecule has 1 aromatic heterocycles. The summed E-state index contributed by atoms with van der Waals surface area (Å²) in [5.41, 5.74) is 17.2. The Morgan fingerprint density at radius 3 is 1.56 bits per heavy atom. The van der Waals surface area contributed by atoms with Gasteiger partial charge in [-0.1, -0.05) is 121 Å². The van der Waals surface area contributed by atoms with Gasteiger partial charge in [0.25, 0.3) is 6.71 Å². The molecular weight excluding hydrogens is 629 g/mol. The first kappa shape index (κ1) is 29.0. The molecule has 0 atom stereocenters. The van der Waals surface area contributed by atoms with Crippen molar-refractivity contribution in [2.75, 3.05) is 9.80 Å². The molecule has 0 fully saturated rings. The zero-order chi connectivity index (χ0) is 34.2. The van der Waals surface area contributed by atoms with Crippen LogP contribution in [0.2, 0.25) is 0 Å². The molecule has 0 saturated heterocycles. The molecule has 52 heavy (non-hydrogen) atoms. The van der Waals surface area contributed by atoms with Crippen LogP contribution in [0.3, 0.4) is 0 Å². The normalized spacial score (nSPS) is 12.9. The quantitative estimate of drug-likeness (QED) is 0.174. The minimum atomic E-state index is 0.0665. The fourth-order valence-electron chi connectivity index (χ4n) is 8.79. The Kier molecular flexibility index (Phi) is 6.35. The first-order valence-electron chi connectivity index (χ1n) is 18.0. The fourth-order valence-corrected chi connectivity index (χ4v) is 8.79. The van der Waals surface area contributed by atoms with Crippen molar-refractivity contribution in [3.8, 4) is 16.8 Å². The van der Waals surface area contributed by atoms with Crippen LogP contribution in [0.4, 0.5) is 34.1 Å². The number of fused-ring (bicyclic) bond motifs is 7. The summed E-state index contributed by atoms with van der Waals surface area (Å²) < 4.78 is 2.40. The summed E-state index contributed by atoms with van der Waals surface area (Å²) in [7, 11) is 0. The number of hydrogen-bond donors (Lipinski definition) is 0. The van der Waals surface area contributed by atoms with Crippen LogP contribution in [-0.2, 0) is 0 Å². The number of rotatable bonds is 4. The van der Waals surface area contributed by atoms with Gasteiger partial charge in [-0.15, -0.1) is 0 Å². The van der Waals surface area contributed by atoms with Gasteiger partial charge in [-0.25, -0.2) is 0 Å². The number of hydrogen-bond acceptors (Lipinski definition) is 2. The zero-order valence-corrected chi connectivity index (χ0v) is 28.4. The average molecular weight is 662 g/mol. The van der Waals surface area contributed by atoms with Gasteiger partial charge in [-0.05, 0) is 100 Å². The van der Waals surface area contributed by atoms with Crippen molar-refractivity contribution in [1.29, 1.82) is 0 Å². The summed E-state index contributed by atoms with van der Waals surface area (Å²) >= 11 is 0. The Morgan fingerprint density at radius 2 is 0.846 bits per heavy atom. The van der Waals surface area contributed by atoms with E-state index >= 15 is 0 Å². The van der Waals surface area contributed by atoms with E-state index < -0.39 is 0 Å². The van der Waals surface area contributed by atoms with E-state index in [0.717, 1.165) is 11.4 Å². The van der Waals surface area contributed by atoms with Crippen LogP contribution >= 0.6 is 0 Å². The molecule has 3 nitrogen and oxygen atoms in total. The molecule has 11 rings (SSSR count). The number of anilines is 6. The summed E-state index contributed by atoms with van der Waals surface area (Å²) in [6.45, 7) is 0.0665. The molecule has 0 N–H and O–H groups in total. The van der Waals surface area contributed by atoms with E-state index in [2.05, 4.69) is 208 Å². The van der Waals surface area contributed by atoms with Crippen LogP contribution in [0.25, 0.3) is 38.6 Å². The van der Waals surface area contributed by atoms with E-state index in [1.54, 1.807) is 0 Å². The second kappa shape index (κ2) is 11.4. The molecule has 8 aromatic carbocycles. The molecule has 0 spiro atoms. The van der Waals surface area contributed by atoms with Crippen molar-refractivity contribution < 1.29 is 0 Å². The minimum absolute atomic E-state index is 0.0665. The van der Waals surface area contributed by atoms with Crippen molar-refractivity contribution in [3.05, 3.63) is 194 Å². The third-order valence-electron chi connectivity index (χ3n) is 10.9. The van der Waals surface area contributed by atoms with E-state index in [-0.39, 0.29) is 6.71 Å². The van der Waals surface area contributed by atoms with Gasteiger partial charge in [0.15, 0.2) is 0 Å². The van der Waals surface area contributed by atoms with Crippen molar-refractivity contribution >= 4 is 79.0 Å². The molecule has 0 radical (unpaired) electrons. The van der Waals surface area contributed by atoms with Gasteiger partial charge in [0.2, 0.25) is 0 Å². The van der Waals surface area contributed by atoms with Crippen molar-refractivity contribution in [2.45, 2.75) is 0 Å². The second-order valence-electron chi connectivity index (χ2n) is 13.7. The number of para-hydroxylation sites is 5. The van der Waals surface area contributed by atoms with E-state index in [1.165, 1.54) is 77.8 Å². The molecular formula is C48H32BN3. The standard InChI is InChI=1S/C48H32BN3/c1-4-15-35(16-5-1)50-42-23-12-10-21-38(42)39-29-27-34(32-47(39)50)33-28-30-44-41(31-33)49-40-22-11-13-24-43(40)51(36-17-6-2-7-18-36)45-25-14-26-46(48(45)49)52(44)37-19-8-3-9-20-37/h1-32H. The van der Waals surface area contributed by atoms with Gasteiger partial charge in [-0.3, -0.25) is 0 Å². The summed E-state index contributed by atoms with van der Waals surface area (Å²) in [5.74, 6) is 0. The van der Waals surface area contributed by atoms with Crippen LogP contribution in [0, 0.1) is 0 Å². The lowest BCUT2D eigenvalue weighted by Crippen LogP contribution is -2.61. The highest BCUT2D eigenvalue weighted by atomic mass is 15.2. The third kappa shape index (κ3) is 4.21. The van der Waals surface area contributed by atoms with Crippen molar-refractivity contribution in [3.63, 3.8) is 0 Å². The largest absolute Gasteiger partial charge is 0.311 e. The summed E-state index contributed by atoms with van der Waals surface area (Å²) in [6.07, 6.45) is 0. The highest BCUT2D eigenvalue weighted by Gasteiger charge is 2.43. The topological polar surface area (TPSA) is 11.4 Å². The molecule has 4 heteroatoms. The Labute approximate surface area is 303 Å². The van der Waals surface area contributed by atoms with Gasteiger partial charge in [0.05, 0.1) is 11.0 Å². The first-order valence-corrected chi connectivity index (χ1v) is 18.0. The van der Waals surface area contributed by atoms with Crippen LogP contribution in [-0.4, -0.2) is 11.3 Å². The predicted octanol–water partition coefficient (Wildman–Crippen LogP) is 10.5. The van der Waals surface area contributed by atoms with Gasteiger partial charge >= 0.3 is 0 Å². The molecule has 0 unspecified atom stereocenters. The van der Waals surface area contributed by atoms with E-state index in [0.29, 0.717) is 0 Å². The lowest BCUT2D eigenvalue weighted by atomic mass is 9.33.